The molecule has 4 heteroatoms. The summed E-state index contributed by atoms with van der Waals surface area (Å²) in [5, 5.41) is 2.35. The van der Waals surface area contributed by atoms with Crippen molar-refractivity contribution in [1.82, 2.24) is 0 Å². The zero-order valence-electron chi connectivity index (χ0n) is 8.54. The fraction of sp³-hybridized carbons (Fsp3) is 0. The Bertz CT molecular complexity index is 394. The smallest absolute Gasteiger partial charge is 0.0742 e. The molecule has 2 aromatic rings. The van der Waals surface area contributed by atoms with Crippen LogP contribution < -0.4 is 10.6 Å². The van der Waals surface area contributed by atoms with Gasteiger partial charge < -0.3 is 0 Å². The van der Waals surface area contributed by atoms with E-state index in [0.29, 0.717) is 0 Å². The van der Waals surface area contributed by atoms with Crippen LogP contribution in [0.3, 0.4) is 0 Å². The summed E-state index contributed by atoms with van der Waals surface area (Å²) in [5.41, 5.74) is 0. The maximum atomic E-state index is 11.3. The van der Waals surface area contributed by atoms with E-state index in [1.165, 1.54) is 10.6 Å². The van der Waals surface area contributed by atoms with Gasteiger partial charge in [0.25, 0.3) is 0 Å². The molecule has 1 atom stereocenters. The van der Waals surface area contributed by atoms with Gasteiger partial charge in [-0.05, 0) is 0 Å². The first-order valence-corrected chi connectivity index (χ1v) is 7.79. The summed E-state index contributed by atoms with van der Waals surface area (Å²) in [6, 6.07) is 20.1. The molecule has 80 valence electrons. The molecular weight excluding hydrogens is 406 g/mol. The van der Waals surface area contributed by atoms with Gasteiger partial charge in [0.05, 0.1) is 0 Å². The summed E-state index contributed by atoms with van der Waals surface area (Å²) in [5.74, 6) is 0. The Labute approximate surface area is 112 Å². The molecule has 0 saturated carbocycles. The summed E-state index contributed by atoms with van der Waals surface area (Å²) in [7, 11) is -0.958. The molecule has 0 aliphatic rings. The molecule has 0 spiro atoms. The van der Waals surface area contributed by atoms with Gasteiger partial charge in [-0.3, -0.25) is 0 Å². The van der Waals surface area contributed by atoms with Crippen LogP contribution in [0.25, 0.3) is 0 Å². The van der Waals surface area contributed by atoms with Crippen molar-refractivity contribution in [2.75, 3.05) is 0 Å². The first-order chi connectivity index (χ1) is 7.42. The monoisotopic (exact) mass is 417 g/mol. The van der Waals surface area contributed by atoms with Crippen LogP contribution in [-0.2, 0) is 25.6 Å². The number of rotatable bonds is 3. The molecule has 16 heavy (non-hydrogen) atoms. The normalized spacial score (nSPS) is 10.1. The van der Waals surface area contributed by atoms with Crippen LogP contribution in [0.5, 0.6) is 0 Å². The Balaban J connectivity index is 0.00000128. The van der Waals surface area contributed by atoms with Gasteiger partial charge in [-0.15, -0.1) is 0 Å². The maximum Gasteiger partial charge on any atom is 0.351 e. The van der Waals surface area contributed by atoms with Gasteiger partial charge in [0.2, 0.25) is 7.61 Å². The first-order valence-electron chi connectivity index (χ1n) is 4.70. The molecule has 0 fully saturated rings. The minimum absolute atomic E-state index is 0. The largest absolute Gasteiger partial charge is 0.351 e. The van der Waals surface area contributed by atoms with E-state index < -0.39 is 7.61 Å². The van der Waals surface area contributed by atoms with Crippen LogP contribution in [-0.4, -0.2) is 0 Å². The zero-order valence-corrected chi connectivity index (χ0v) is 13.4. The Morgan fingerprint density at radius 2 is 1.12 bits per heavy atom. The van der Waals surface area contributed by atoms with Gasteiger partial charge in [0.1, 0.15) is 0 Å². The zero-order chi connectivity index (χ0) is 10.5. The van der Waals surface area contributed by atoms with E-state index in [4.69, 9.17) is 0 Å². The molecule has 1 unspecified atom stereocenters. The topological polar surface area (TPSA) is 17.1 Å². The van der Waals surface area contributed by atoms with Crippen LogP contribution in [0.15, 0.2) is 60.7 Å². The predicted molar refractivity (Wildman–Crippen MR) is 68.1 cm³/mol. The van der Waals surface area contributed by atoms with Crippen LogP contribution in [0.1, 0.15) is 0 Å². The third kappa shape index (κ3) is 3.32. The second-order valence-corrected chi connectivity index (χ2v) is 6.87. The molecule has 0 bridgehead atoms. The van der Waals surface area contributed by atoms with E-state index in [2.05, 4.69) is 0 Å². The third-order valence-corrected chi connectivity index (χ3v) is 6.03. The van der Waals surface area contributed by atoms with Crippen LogP contribution >= 0.6 is 15.8 Å². The molecule has 0 aromatic heterocycles. The third-order valence-electron chi connectivity index (χ3n) is 2.12. The van der Waals surface area contributed by atoms with Crippen molar-refractivity contribution < 1.29 is 25.6 Å². The Hall–Kier alpha value is -0.342. The van der Waals surface area contributed by atoms with Crippen LogP contribution in [0, 0.1) is 0 Å². The van der Waals surface area contributed by atoms with Gasteiger partial charge in [-0.1, -0.05) is 65.2 Å². The fourth-order valence-corrected chi connectivity index (χ4v) is 4.39. The summed E-state index contributed by atoms with van der Waals surface area (Å²) in [4.78, 5) is 0. The molecule has 0 N–H and O–H groups in total. The predicted octanol–water partition coefficient (Wildman–Crippen LogP) is 3.06. The molecule has 0 saturated heterocycles. The standard InChI is InChI=1S/C12H10OP2.W/c13-14-15(11-7-3-1-4-8-11)12-9-5-2-6-10-12;/h1-10H;/p+1. The Morgan fingerprint density at radius 1 is 0.750 bits per heavy atom. The number of benzene rings is 2. The van der Waals surface area contributed by atoms with Gasteiger partial charge in [0, 0.05) is 31.7 Å². The van der Waals surface area contributed by atoms with Crippen molar-refractivity contribution >= 4 is 26.4 Å². The van der Waals surface area contributed by atoms with E-state index in [1.54, 1.807) is 0 Å². The quantitative estimate of drug-likeness (QED) is 0.703. The van der Waals surface area contributed by atoms with Gasteiger partial charge in [-0.25, -0.2) is 0 Å². The average Bonchev–Trinajstić information content (AvgIpc) is 2.33. The van der Waals surface area contributed by atoms with Gasteiger partial charge >= 0.3 is 8.15 Å². The van der Waals surface area contributed by atoms with Crippen molar-refractivity contribution in [3.05, 3.63) is 60.7 Å². The van der Waals surface area contributed by atoms with E-state index in [-0.39, 0.29) is 29.2 Å². The maximum absolute atomic E-state index is 11.3. The summed E-state index contributed by atoms with van der Waals surface area (Å²) >= 11 is 0. The molecular formula is C12H11OP2W+. The summed E-state index contributed by atoms with van der Waals surface area (Å²) < 4.78 is 11.3. The van der Waals surface area contributed by atoms with Crippen molar-refractivity contribution in [1.29, 1.82) is 0 Å². The van der Waals surface area contributed by atoms with Crippen molar-refractivity contribution in [2.24, 2.45) is 0 Å². The minimum atomic E-state index is -0.676. The Kier molecular flexibility index (Phi) is 6.07. The van der Waals surface area contributed by atoms with Gasteiger partial charge in [-0.2, -0.15) is 0 Å². The fourth-order valence-electron chi connectivity index (χ4n) is 1.41. The second kappa shape index (κ2) is 7.08. The second-order valence-electron chi connectivity index (χ2n) is 3.10. The molecule has 0 aliphatic carbocycles. The molecule has 0 radical (unpaired) electrons. The molecule has 0 heterocycles. The number of hydrogen-bond acceptors (Lipinski definition) is 1. The molecule has 0 amide bonds. The van der Waals surface area contributed by atoms with Crippen LogP contribution in [0.2, 0.25) is 0 Å². The van der Waals surface area contributed by atoms with Crippen molar-refractivity contribution in [2.45, 2.75) is 0 Å². The molecule has 1 nitrogen and oxygen atoms in total. The van der Waals surface area contributed by atoms with Gasteiger partial charge in [0.15, 0.2) is 0 Å². The van der Waals surface area contributed by atoms with Crippen LogP contribution in [0.4, 0.5) is 0 Å². The summed E-state index contributed by atoms with van der Waals surface area (Å²) in [6.07, 6.45) is 0. The molecule has 2 rings (SSSR count). The molecule has 2 aromatic carbocycles. The van der Waals surface area contributed by atoms with Crippen molar-refractivity contribution in [3.63, 3.8) is 0 Å². The van der Waals surface area contributed by atoms with E-state index in [1.807, 2.05) is 60.7 Å². The van der Waals surface area contributed by atoms with Crippen molar-refractivity contribution in [3.8, 4) is 0 Å². The molecule has 0 aliphatic heterocycles. The van der Waals surface area contributed by atoms with E-state index in [0.717, 1.165) is 0 Å². The first kappa shape index (κ1) is 13.7. The van der Waals surface area contributed by atoms with E-state index >= 15 is 0 Å². The number of hydrogen-bond donors (Lipinski definition) is 0. The average molecular weight is 417 g/mol. The Morgan fingerprint density at radius 3 is 1.44 bits per heavy atom. The minimum Gasteiger partial charge on any atom is -0.0742 e. The summed E-state index contributed by atoms with van der Waals surface area (Å²) in [6.45, 7) is 0. The van der Waals surface area contributed by atoms with E-state index in [9.17, 15) is 4.57 Å². The SMILES string of the molecule is O=[PH+]P(c1ccccc1)c1ccccc1.[W].